The highest BCUT2D eigenvalue weighted by atomic mass is 35.5. The second kappa shape index (κ2) is 5.97. The van der Waals surface area contributed by atoms with Gasteiger partial charge in [-0.1, -0.05) is 23.2 Å². The second-order valence-electron chi connectivity index (χ2n) is 4.81. The second-order valence-corrected chi connectivity index (χ2v) is 7.33. The van der Waals surface area contributed by atoms with Crippen LogP contribution in [0.5, 0.6) is 0 Å². The predicted molar refractivity (Wildman–Crippen MR) is 77.0 cm³/mol. The highest BCUT2D eigenvalue weighted by Gasteiger charge is 2.25. The van der Waals surface area contributed by atoms with E-state index in [1.165, 1.54) is 12.1 Å². The Labute approximate surface area is 123 Å². The molecule has 106 valence electrons. The summed E-state index contributed by atoms with van der Waals surface area (Å²) in [4.78, 5) is 0.0246. The Hall–Kier alpha value is -0.330. The normalized spacial score (nSPS) is 24.4. The van der Waals surface area contributed by atoms with E-state index in [2.05, 4.69) is 4.72 Å². The standard InChI is InChI=1S/C12H16Cl2N2O2S/c13-8-1-6-11(14)12(7-8)19(17,18)16-10-4-2-9(15)3-5-10/h1,6-7,9-10,16H,2-5,15H2. The Balaban J connectivity index is 2.16. The average molecular weight is 323 g/mol. The van der Waals surface area contributed by atoms with E-state index in [4.69, 9.17) is 28.9 Å². The molecule has 1 fully saturated rings. The predicted octanol–water partition coefficient (Wildman–Crippen LogP) is 2.54. The molecular formula is C12H16Cl2N2O2S. The summed E-state index contributed by atoms with van der Waals surface area (Å²) >= 11 is 11.7. The van der Waals surface area contributed by atoms with E-state index in [-0.39, 0.29) is 22.0 Å². The van der Waals surface area contributed by atoms with Crippen LogP contribution < -0.4 is 10.5 Å². The molecule has 0 radical (unpaired) electrons. The zero-order chi connectivity index (χ0) is 14.0. The first-order valence-corrected chi connectivity index (χ1v) is 8.35. The molecule has 7 heteroatoms. The smallest absolute Gasteiger partial charge is 0.242 e. The van der Waals surface area contributed by atoms with Gasteiger partial charge in [-0.15, -0.1) is 0 Å². The summed E-state index contributed by atoms with van der Waals surface area (Å²) in [5.41, 5.74) is 5.80. The molecule has 1 aromatic carbocycles. The average Bonchev–Trinajstić information content (AvgIpc) is 2.35. The Kier molecular flexibility index (Phi) is 4.74. The first kappa shape index (κ1) is 15.1. The molecule has 4 nitrogen and oxygen atoms in total. The molecule has 19 heavy (non-hydrogen) atoms. The molecule has 1 saturated carbocycles. The topological polar surface area (TPSA) is 72.2 Å². The van der Waals surface area contributed by atoms with E-state index in [0.29, 0.717) is 5.02 Å². The molecule has 1 aliphatic carbocycles. The zero-order valence-corrected chi connectivity index (χ0v) is 12.6. The molecule has 0 bridgehead atoms. The van der Waals surface area contributed by atoms with Gasteiger partial charge in [-0.2, -0.15) is 0 Å². The minimum absolute atomic E-state index is 0.0246. The fourth-order valence-electron chi connectivity index (χ4n) is 2.20. The monoisotopic (exact) mass is 322 g/mol. The third-order valence-corrected chi connectivity index (χ3v) is 5.51. The highest BCUT2D eigenvalue weighted by molar-refractivity contribution is 7.89. The van der Waals surface area contributed by atoms with Gasteiger partial charge in [-0.3, -0.25) is 0 Å². The van der Waals surface area contributed by atoms with Crippen molar-refractivity contribution < 1.29 is 8.42 Å². The molecule has 0 atom stereocenters. The Morgan fingerprint density at radius 3 is 2.42 bits per heavy atom. The van der Waals surface area contributed by atoms with E-state index in [9.17, 15) is 8.42 Å². The van der Waals surface area contributed by atoms with Gasteiger partial charge in [0.1, 0.15) is 4.90 Å². The quantitative estimate of drug-likeness (QED) is 0.898. The molecule has 0 amide bonds. The first-order valence-electron chi connectivity index (χ1n) is 6.11. The van der Waals surface area contributed by atoms with Gasteiger partial charge >= 0.3 is 0 Å². The van der Waals surface area contributed by atoms with Crippen LogP contribution in [0.3, 0.4) is 0 Å². The van der Waals surface area contributed by atoms with Crippen molar-refractivity contribution in [1.82, 2.24) is 4.72 Å². The number of sulfonamides is 1. The summed E-state index contributed by atoms with van der Waals surface area (Å²) < 4.78 is 27.2. The number of hydrogen-bond acceptors (Lipinski definition) is 3. The van der Waals surface area contributed by atoms with Gasteiger partial charge in [0, 0.05) is 17.1 Å². The van der Waals surface area contributed by atoms with Crippen LogP contribution in [0.25, 0.3) is 0 Å². The molecule has 2 rings (SSSR count). The largest absolute Gasteiger partial charge is 0.328 e. The van der Waals surface area contributed by atoms with Crippen molar-refractivity contribution in [3.05, 3.63) is 28.2 Å². The van der Waals surface area contributed by atoms with Crippen LogP contribution in [0.15, 0.2) is 23.1 Å². The maximum absolute atomic E-state index is 12.3. The summed E-state index contributed by atoms with van der Waals surface area (Å²) in [6.45, 7) is 0. The first-order chi connectivity index (χ1) is 8.88. The summed E-state index contributed by atoms with van der Waals surface area (Å²) in [6, 6.07) is 4.49. The van der Waals surface area contributed by atoms with Gasteiger partial charge in [-0.25, -0.2) is 13.1 Å². The molecule has 0 spiro atoms. The summed E-state index contributed by atoms with van der Waals surface area (Å²) in [7, 11) is -3.64. The van der Waals surface area contributed by atoms with Crippen LogP contribution in [0, 0.1) is 0 Å². The SMILES string of the molecule is NC1CCC(NS(=O)(=O)c2cc(Cl)ccc2Cl)CC1. The number of nitrogens with two attached hydrogens (primary N) is 1. The third kappa shape index (κ3) is 3.83. The van der Waals surface area contributed by atoms with Gasteiger partial charge in [0.2, 0.25) is 10.0 Å². The number of nitrogens with one attached hydrogen (secondary N) is 1. The number of benzene rings is 1. The summed E-state index contributed by atoms with van der Waals surface area (Å²) in [6.07, 6.45) is 3.16. The zero-order valence-electron chi connectivity index (χ0n) is 10.3. The molecule has 0 heterocycles. The Bertz CT molecular complexity index is 555. The van der Waals surface area contributed by atoms with Crippen LogP contribution >= 0.6 is 23.2 Å². The van der Waals surface area contributed by atoms with Gasteiger partial charge in [0.15, 0.2) is 0 Å². The number of rotatable bonds is 3. The van der Waals surface area contributed by atoms with E-state index in [0.717, 1.165) is 25.7 Å². The maximum atomic E-state index is 12.3. The molecular weight excluding hydrogens is 307 g/mol. The van der Waals surface area contributed by atoms with Crippen LogP contribution in [0.4, 0.5) is 0 Å². The molecule has 0 saturated heterocycles. The van der Waals surface area contributed by atoms with Crippen molar-refractivity contribution in [2.75, 3.05) is 0 Å². The van der Waals surface area contributed by atoms with Crippen LogP contribution in [-0.2, 0) is 10.0 Å². The van der Waals surface area contributed by atoms with Gasteiger partial charge < -0.3 is 5.73 Å². The van der Waals surface area contributed by atoms with Crippen LogP contribution in [-0.4, -0.2) is 20.5 Å². The molecule has 1 aromatic rings. The van der Waals surface area contributed by atoms with Crippen molar-refractivity contribution in [2.24, 2.45) is 5.73 Å². The van der Waals surface area contributed by atoms with Crippen molar-refractivity contribution in [1.29, 1.82) is 0 Å². The van der Waals surface area contributed by atoms with Crippen molar-refractivity contribution in [3.8, 4) is 0 Å². The minimum atomic E-state index is -3.64. The fraction of sp³-hybridized carbons (Fsp3) is 0.500. The maximum Gasteiger partial charge on any atom is 0.242 e. The Morgan fingerprint density at radius 1 is 1.16 bits per heavy atom. The highest BCUT2D eigenvalue weighted by Crippen LogP contribution is 2.26. The molecule has 1 aliphatic rings. The number of hydrogen-bond donors (Lipinski definition) is 2. The van der Waals surface area contributed by atoms with Gasteiger partial charge in [0.05, 0.1) is 5.02 Å². The molecule has 0 aliphatic heterocycles. The lowest BCUT2D eigenvalue weighted by atomic mass is 9.93. The summed E-state index contributed by atoms with van der Waals surface area (Å²) in [5.74, 6) is 0. The van der Waals surface area contributed by atoms with Crippen LogP contribution in [0.2, 0.25) is 10.0 Å². The van der Waals surface area contributed by atoms with Crippen molar-refractivity contribution >= 4 is 33.2 Å². The number of halogens is 2. The lowest BCUT2D eigenvalue weighted by molar-refractivity contribution is 0.373. The minimum Gasteiger partial charge on any atom is -0.328 e. The summed E-state index contributed by atoms with van der Waals surface area (Å²) in [5, 5.41) is 0.514. The fourth-order valence-corrected chi connectivity index (χ4v) is 4.27. The molecule has 0 unspecified atom stereocenters. The van der Waals surface area contributed by atoms with E-state index >= 15 is 0 Å². The van der Waals surface area contributed by atoms with Crippen molar-refractivity contribution in [3.63, 3.8) is 0 Å². The van der Waals surface area contributed by atoms with Gasteiger partial charge in [0.25, 0.3) is 0 Å². The van der Waals surface area contributed by atoms with Gasteiger partial charge in [-0.05, 0) is 43.9 Å². The van der Waals surface area contributed by atoms with E-state index in [1.807, 2.05) is 0 Å². The Morgan fingerprint density at radius 2 is 1.79 bits per heavy atom. The van der Waals surface area contributed by atoms with E-state index in [1.54, 1.807) is 6.07 Å². The molecule has 0 aromatic heterocycles. The lowest BCUT2D eigenvalue weighted by Crippen LogP contribution is -2.40. The van der Waals surface area contributed by atoms with Crippen molar-refractivity contribution in [2.45, 2.75) is 42.7 Å². The molecule has 3 N–H and O–H groups in total. The van der Waals surface area contributed by atoms with E-state index < -0.39 is 10.0 Å². The lowest BCUT2D eigenvalue weighted by Gasteiger charge is -2.26. The van der Waals surface area contributed by atoms with Crippen LogP contribution in [0.1, 0.15) is 25.7 Å². The third-order valence-electron chi connectivity index (χ3n) is 3.28.